The summed E-state index contributed by atoms with van der Waals surface area (Å²) in [6.45, 7) is 3.24. The van der Waals surface area contributed by atoms with Crippen LogP contribution in [0.5, 0.6) is 0 Å². The Morgan fingerprint density at radius 2 is 2.40 bits per heavy atom. The van der Waals surface area contributed by atoms with Gasteiger partial charge in [0.15, 0.2) is 0 Å². The monoisotopic (exact) mass is 274 g/mol. The molecule has 1 aromatic rings. The van der Waals surface area contributed by atoms with E-state index >= 15 is 0 Å². The molecule has 2 fully saturated rings. The number of piperazine rings is 1. The Balaban J connectivity index is 1.67. The lowest BCUT2D eigenvalue weighted by Gasteiger charge is -2.36. The van der Waals surface area contributed by atoms with E-state index < -0.39 is 0 Å². The molecule has 1 saturated heterocycles. The first-order valence-electron chi connectivity index (χ1n) is 7.36. The highest BCUT2D eigenvalue weighted by Gasteiger charge is 2.32. The van der Waals surface area contributed by atoms with Gasteiger partial charge >= 0.3 is 0 Å². The third-order valence-corrected chi connectivity index (χ3v) is 4.25. The molecule has 1 N–H and O–H groups in total. The summed E-state index contributed by atoms with van der Waals surface area (Å²) in [7, 11) is 1.93. The second-order valence-corrected chi connectivity index (χ2v) is 5.71. The molecule has 1 saturated carbocycles. The van der Waals surface area contributed by atoms with Gasteiger partial charge in [0.1, 0.15) is 0 Å². The predicted molar refractivity (Wildman–Crippen MR) is 77.2 cm³/mol. The van der Waals surface area contributed by atoms with Gasteiger partial charge in [0.25, 0.3) is 0 Å². The van der Waals surface area contributed by atoms with Crippen LogP contribution in [0.15, 0.2) is 24.5 Å². The molecule has 0 aromatic carbocycles. The zero-order chi connectivity index (χ0) is 13.9. The van der Waals surface area contributed by atoms with Crippen LogP contribution in [0.25, 0.3) is 0 Å². The summed E-state index contributed by atoms with van der Waals surface area (Å²) in [4.78, 5) is 20.7. The minimum absolute atomic E-state index is 0.239. The standard InChI is InChI=1S/C15H22N4O/c1-18(13-4-5-13)15(20)11-19-8-7-17-10-14(19)12-3-2-6-16-9-12/h2-3,6,9,13-14,17H,4-5,7-8,10-11H2,1H3. The Kier molecular flexibility index (Phi) is 3.98. The van der Waals surface area contributed by atoms with Gasteiger partial charge in [-0.2, -0.15) is 0 Å². The molecule has 108 valence electrons. The molecule has 0 spiro atoms. The number of aromatic nitrogens is 1. The summed E-state index contributed by atoms with van der Waals surface area (Å²) in [5.41, 5.74) is 1.18. The summed E-state index contributed by atoms with van der Waals surface area (Å²) in [6, 6.07) is 4.78. The molecule has 1 aliphatic carbocycles. The van der Waals surface area contributed by atoms with Gasteiger partial charge in [-0.25, -0.2) is 0 Å². The molecule has 2 heterocycles. The molecule has 1 atom stereocenters. The van der Waals surface area contributed by atoms with Crippen molar-refractivity contribution in [2.75, 3.05) is 33.2 Å². The van der Waals surface area contributed by atoms with E-state index in [1.54, 1.807) is 6.20 Å². The third-order valence-electron chi connectivity index (χ3n) is 4.25. The van der Waals surface area contributed by atoms with Crippen LogP contribution < -0.4 is 5.32 Å². The van der Waals surface area contributed by atoms with Gasteiger partial charge < -0.3 is 10.2 Å². The van der Waals surface area contributed by atoms with Crippen molar-refractivity contribution in [2.24, 2.45) is 0 Å². The SMILES string of the molecule is CN(C(=O)CN1CCNCC1c1cccnc1)C1CC1. The highest BCUT2D eigenvalue weighted by Crippen LogP contribution is 2.26. The second kappa shape index (κ2) is 5.89. The highest BCUT2D eigenvalue weighted by atomic mass is 16.2. The van der Waals surface area contributed by atoms with E-state index in [1.165, 1.54) is 5.56 Å². The molecule has 2 aliphatic rings. The summed E-state index contributed by atoms with van der Waals surface area (Å²) < 4.78 is 0. The topological polar surface area (TPSA) is 48.5 Å². The van der Waals surface area contributed by atoms with Crippen LogP contribution in [-0.4, -0.2) is 60.0 Å². The van der Waals surface area contributed by atoms with Crippen LogP contribution in [0.2, 0.25) is 0 Å². The number of carbonyl (C=O) groups excluding carboxylic acids is 1. The summed E-state index contributed by atoms with van der Waals surface area (Å²) in [6.07, 6.45) is 6.02. The van der Waals surface area contributed by atoms with Crippen molar-refractivity contribution in [1.82, 2.24) is 20.1 Å². The van der Waals surface area contributed by atoms with Crippen molar-refractivity contribution < 1.29 is 4.79 Å². The zero-order valence-corrected chi connectivity index (χ0v) is 12.0. The number of rotatable bonds is 4. The van der Waals surface area contributed by atoms with Gasteiger partial charge in [-0.1, -0.05) is 6.07 Å². The molecular weight excluding hydrogens is 252 g/mol. The minimum atomic E-state index is 0.239. The maximum absolute atomic E-state index is 12.3. The first-order chi connectivity index (χ1) is 9.75. The normalized spacial score (nSPS) is 23.6. The first-order valence-corrected chi connectivity index (χ1v) is 7.36. The van der Waals surface area contributed by atoms with Crippen molar-refractivity contribution in [3.05, 3.63) is 30.1 Å². The van der Waals surface area contributed by atoms with E-state index in [4.69, 9.17) is 0 Å². The number of carbonyl (C=O) groups is 1. The van der Waals surface area contributed by atoms with Crippen LogP contribution in [0, 0.1) is 0 Å². The van der Waals surface area contributed by atoms with Crippen LogP contribution in [-0.2, 0) is 4.79 Å². The van der Waals surface area contributed by atoms with Crippen LogP contribution in [0.3, 0.4) is 0 Å². The number of pyridine rings is 1. The quantitative estimate of drug-likeness (QED) is 0.876. The molecule has 1 aromatic heterocycles. The van der Waals surface area contributed by atoms with Crippen molar-refractivity contribution >= 4 is 5.91 Å². The number of nitrogens with zero attached hydrogens (tertiary/aromatic N) is 3. The van der Waals surface area contributed by atoms with Crippen molar-refractivity contribution in [3.8, 4) is 0 Å². The lowest BCUT2D eigenvalue weighted by Crippen LogP contribution is -2.50. The average molecular weight is 274 g/mol. The fourth-order valence-electron chi connectivity index (χ4n) is 2.79. The molecule has 20 heavy (non-hydrogen) atoms. The van der Waals surface area contributed by atoms with Crippen molar-refractivity contribution in [1.29, 1.82) is 0 Å². The zero-order valence-electron chi connectivity index (χ0n) is 12.0. The van der Waals surface area contributed by atoms with Gasteiger partial charge in [-0.05, 0) is 24.5 Å². The smallest absolute Gasteiger partial charge is 0.236 e. The maximum atomic E-state index is 12.3. The van der Waals surface area contributed by atoms with Gasteiger partial charge in [0.2, 0.25) is 5.91 Å². The van der Waals surface area contributed by atoms with Gasteiger partial charge in [-0.15, -0.1) is 0 Å². The maximum Gasteiger partial charge on any atom is 0.236 e. The minimum Gasteiger partial charge on any atom is -0.342 e. The summed E-state index contributed by atoms with van der Waals surface area (Å²) >= 11 is 0. The fourth-order valence-corrected chi connectivity index (χ4v) is 2.79. The average Bonchev–Trinajstić information content (AvgIpc) is 3.32. The van der Waals surface area contributed by atoms with E-state index in [1.807, 2.05) is 24.2 Å². The molecule has 1 amide bonds. The van der Waals surface area contributed by atoms with E-state index in [0.29, 0.717) is 12.6 Å². The number of hydrogen-bond acceptors (Lipinski definition) is 4. The van der Waals surface area contributed by atoms with E-state index in [9.17, 15) is 4.79 Å². The fraction of sp³-hybridized carbons (Fsp3) is 0.600. The van der Waals surface area contributed by atoms with Gasteiger partial charge in [0.05, 0.1) is 6.54 Å². The first kappa shape index (κ1) is 13.5. The Hall–Kier alpha value is -1.46. The molecule has 5 heteroatoms. The lowest BCUT2D eigenvalue weighted by atomic mass is 10.1. The van der Waals surface area contributed by atoms with Crippen molar-refractivity contribution in [3.63, 3.8) is 0 Å². The van der Waals surface area contributed by atoms with E-state index in [-0.39, 0.29) is 11.9 Å². The number of likely N-dealkylation sites (N-methyl/N-ethyl adjacent to an activating group) is 1. The summed E-state index contributed by atoms with van der Waals surface area (Å²) in [5.74, 6) is 0.239. The summed E-state index contributed by atoms with van der Waals surface area (Å²) in [5, 5.41) is 3.41. The largest absolute Gasteiger partial charge is 0.342 e. The highest BCUT2D eigenvalue weighted by molar-refractivity contribution is 5.78. The van der Waals surface area contributed by atoms with E-state index in [2.05, 4.69) is 21.3 Å². The Bertz CT molecular complexity index is 460. The van der Waals surface area contributed by atoms with E-state index in [0.717, 1.165) is 32.5 Å². The molecule has 0 radical (unpaired) electrons. The molecular formula is C15H22N4O. The van der Waals surface area contributed by atoms with Crippen LogP contribution >= 0.6 is 0 Å². The molecule has 3 rings (SSSR count). The molecule has 5 nitrogen and oxygen atoms in total. The molecule has 0 bridgehead atoms. The van der Waals surface area contributed by atoms with Crippen LogP contribution in [0.1, 0.15) is 24.4 Å². The van der Waals surface area contributed by atoms with Crippen molar-refractivity contribution in [2.45, 2.75) is 24.9 Å². The molecule has 1 unspecified atom stereocenters. The van der Waals surface area contributed by atoms with Crippen LogP contribution in [0.4, 0.5) is 0 Å². The number of amides is 1. The second-order valence-electron chi connectivity index (χ2n) is 5.71. The molecule has 1 aliphatic heterocycles. The Morgan fingerprint density at radius 1 is 1.55 bits per heavy atom. The van der Waals surface area contributed by atoms with Gasteiger partial charge in [-0.3, -0.25) is 14.7 Å². The Labute approximate surface area is 120 Å². The third kappa shape index (κ3) is 2.99. The van der Waals surface area contributed by atoms with Gasteiger partial charge in [0, 0.05) is 51.2 Å². The number of hydrogen-bond donors (Lipinski definition) is 1. The Morgan fingerprint density at radius 3 is 3.10 bits per heavy atom. The lowest BCUT2D eigenvalue weighted by molar-refractivity contribution is -0.132. The predicted octanol–water partition coefficient (Wildman–Crippen LogP) is 0.649. The number of nitrogens with one attached hydrogen (secondary N) is 1.